The number of para-hydroxylation sites is 1. The van der Waals surface area contributed by atoms with E-state index in [4.69, 9.17) is 22.1 Å². The smallest absolute Gasteiger partial charge is 0.263 e. The highest BCUT2D eigenvalue weighted by atomic mass is 35.5. The fourth-order valence-electron chi connectivity index (χ4n) is 2.16. The van der Waals surface area contributed by atoms with Crippen LogP contribution in [0.5, 0.6) is 5.75 Å². The van der Waals surface area contributed by atoms with E-state index >= 15 is 0 Å². The number of ether oxygens (including phenoxy) is 1. The number of carbonyl (C=O) groups excluding carboxylic acids is 1. The molecular formula is C14H19ClN2O2. The zero-order valence-electron chi connectivity index (χ0n) is 11.0. The lowest BCUT2D eigenvalue weighted by Crippen LogP contribution is -2.47. The second-order valence-corrected chi connectivity index (χ2v) is 5.26. The monoisotopic (exact) mass is 282 g/mol. The van der Waals surface area contributed by atoms with Gasteiger partial charge in [-0.1, -0.05) is 23.7 Å². The molecule has 1 aromatic rings. The van der Waals surface area contributed by atoms with E-state index in [-0.39, 0.29) is 11.9 Å². The third-order valence-corrected chi connectivity index (χ3v) is 3.65. The van der Waals surface area contributed by atoms with Crippen molar-refractivity contribution in [2.75, 3.05) is 13.1 Å². The number of amides is 1. The first kappa shape index (κ1) is 14.2. The molecule has 1 aliphatic heterocycles. The maximum absolute atomic E-state index is 12.2. The molecule has 1 amide bonds. The quantitative estimate of drug-likeness (QED) is 0.923. The van der Waals surface area contributed by atoms with Gasteiger partial charge < -0.3 is 15.4 Å². The van der Waals surface area contributed by atoms with Gasteiger partial charge in [-0.15, -0.1) is 0 Å². The lowest BCUT2D eigenvalue weighted by molar-refractivity contribution is -0.139. The minimum atomic E-state index is -0.533. The Kier molecular flexibility index (Phi) is 4.66. The molecule has 104 valence electrons. The summed E-state index contributed by atoms with van der Waals surface area (Å²) in [5, 5.41) is 0.516. The van der Waals surface area contributed by atoms with Crippen LogP contribution in [0.1, 0.15) is 19.8 Å². The number of halogens is 1. The van der Waals surface area contributed by atoms with Gasteiger partial charge in [0.2, 0.25) is 0 Å². The summed E-state index contributed by atoms with van der Waals surface area (Å²) < 4.78 is 5.63. The number of likely N-dealkylation sites (tertiary alicyclic amines) is 1. The molecule has 4 nitrogen and oxygen atoms in total. The topological polar surface area (TPSA) is 55.6 Å². The molecule has 19 heavy (non-hydrogen) atoms. The van der Waals surface area contributed by atoms with Crippen molar-refractivity contribution in [3.8, 4) is 5.75 Å². The van der Waals surface area contributed by atoms with Crippen molar-refractivity contribution >= 4 is 17.5 Å². The van der Waals surface area contributed by atoms with Crippen molar-refractivity contribution in [3.63, 3.8) is 0 Å². The van der Waals surface area contributed by atoms with Gasteiger partial charge in [-0.05, 0) is 31.9 Å². The number of nitrogens with two attached hydrogens (primary N) is 1. The van der Waals surface area contributed by atoms with Gasteiger partial charge in [0.15, 0.2) is 6.10 Å². The second kappa shape index (κ2) is 6.26. The van der Waals surface area contributed by atoms with Gasteiger partial charge in [-0.3, -0.25) is 4.79 Å². The predicted molar refractivity (Wildman–Crippen MR) is 75.3 cm³/mol. The molecular weight excluding hydrogens is 264 g/mol. The third kappa shape index (κ3) is 3.61. The van der Waals surface area contributed by atoms with Crippen molar-refractivity contribution in [2.24, 2.45) is 5.73 Å². The molecule has 0 aliphatic carbocycles. The van der Waals surface area contributed by atoms with Crippen molar-refractivity contribution in [1.29, 1.82) is 0 Å². The van der Waals surface area contributed by atoms with Gasteiger partial charge in [0.25, 0.3) is 5.91 Å². The van der Waals surface area contributed by atoms with E-state index in [1.54, 1.807) is 19.1 Å². The third-order valence-electron chi connectivity index (χ3n) is 3.34. The SMILES string of the molecule is CC(Oc1ccccc1Cl)C(=O)N1CCC(N)CC1. The molecule has 1 fully saturated rings. The Hall–Kier alpha value is -1.26. The van der Waals surface area contributed by atoms with Gasteiger partial charge in [0.1, 0.15) is 5.75 Å². The van der Waals surface area contributed by atoms with E-state index < -0.39 is 6.10 Å². The highest BCUT2D eigenvalue weighted by molar-refractivity contribution is 6.32. The number of nitrogens with zero attached hydrogens (tertiary/aromatic N) is 1. The van der Waals surface area contributed by atoms with Gasteiger partial charge in [-0.25, -0.2) is 0 Å². The van der Waals surface area contributed by atoms with Crippen molar-refractivity contribution in [3.05, 3.63) is 29.3 Å². The largest absolute Gasteiger partial charge is 0.479 e. The number of piperidine rings is 1. The molecule has 1 unspecified atom stereocenters. The molecule has 0 bridgehead atoms. The molecule has 0 aromatic heterocycles. The fraction of sp³-hybridized carbons (Fsp3) is 0.500. The van der Waals surface area contributed by atoms with Crippen molar-refractivity contribution in [2.45, 2.75) is 31.9 Å². The molecule has 0 spiro atoms. The second-order valence-electron chi connectivity index (χ2n) is 4.85. The molecule has 1 aliphatic rings. The van der Waals surface area contributed by atoms with Crippen LogP contribution in [0.2, 0.25) is 5.02 Å². The number of rotatable bonds is 3. The van der Waals surface area contributed by atoms with Gasteiger partial charge in [-0.2, -0.15) is 0 Å². The van der Waals surface area contributed by atoms with Gasteiger partial charge in [0.05, 0.1) is 5.02 Å². The van der Waals surface area contributed by atoms with E-state index in [2.05, 4.69) is 0 Å². The lowest BCUT2D eigenvalue weighted by Gasteiger charge is -2.32. The molecule has 0 radical (unpaired) electrons. The summed E-state index contributed by atoms with van der Waals surface area (Å²) >= 11 is 6.01. The number of carbonyl (C=O) groups is 1. The van der Waals surface area contributed by atoms with Crippen LogP contribution in [0, 0.1) is 0 Å². The van der Waals surface area contributed by atoms with Crippen LogP contribution in [-0.2, 0) is 4.79 Å². The summed E-state index contributed by atoms with van der Waals surface area (Å²) in [6, 6.07) is 7.38. The normalized spacial score (nSPS) is 18.2. The van der Waals surface area contributed by atoms with Crippen molar-refractivity contribution in [1.82, 2.24) is 4.90 Å². The molecule has 1 heterocycles. The fourth-order valence-corrected chi connectivity index (χ4v) is 2.34. The summed E-state index contributed by atoms with van der Waals surface area (Å²) in [6.45, 7) is 3.16. The Bertz CT molecular complexity index is 445. The van der Waals surface area contributed by atoms with Crippen LogP contribution in [0.4, 0.5) is 0 Å². The maximum atomic E-state index is 12.2. The van der Waals surface area contributed by atoms with Gasteiger partial charge >= 0.3 is 0 Å². The van der Waals surface area contributed by atoms with E-state index in [9.17, 15) is 4.79 Å². The summed E-state index contributed by atoms with van der Waals surface area (Å²) in [5.41, 5.74) is 5.83. The van der Waals surface area contributed by atoms with E-state index in [1.807, 2.05) is 17.0 Å². The first-order valence-corrected chi connectivity index (χ1v) is 6.91. The average molecular weight is 283 g/mol. The molecule has 5 heteroatoms. The molecule has 0 saturated carbocycles. The Morgan fingerprint density at radius 2 is 2.05 bits per heavy atom. The standard InChI is InChI=1S/C14H19ClN2O2/c1-10(19-13-5-3-2-4-12(13)15)14(18)17-8-6-11(16)7-9-17/h2-5,10-11H,6-9,16H2,1H3. The minimum Gasteiger partial charge on any atom is -0.479 e. The maximum Gasteiger partial charge on any atom is 0.263 e. The summed E-state index contributed by atoms with van der Waals surface area (Å²) in [5.74, 6) is 0.533. The number of hydrogen-bond donors (Lipinski definition) is 1. The van der Waals surface area contributed by atoms with Crippen LogP contribution >= 0.6 is 11.6 Å². The highest BCUT2D eigenvalue weighted by Crippen LogP contribution is 2.24. The van der Waals surface area contributed by atoms with E-state index in [0.717, 1.165) is 12.8 Å². The molecule has 1 saturated heterocycles. The van der Waals surface area contributed by atoms with Crippen LogP contribution < -0.4 is 10.5 Å². The Labute approximate surface area is 118 Å². The lowest BCUT2D eigenvalue weighted by atomic mass is 10.1. The Morgan fingerprint density at radius 3 is 2.68 bits per heavy atom. The molecule has 1 atom stereocenters. The van der Waals surface area contributed by atoms with Crippen LogP contribution in [0.15, 0.2) is 24.3 Å². The Balaban J connectivity index is 1.94. The number of hydrogen-bond acceptors (Lipinski definition) is 3. The van der Waals surface area contributed by atoms with E-state index in [1.165, 1.54) is 0 Å². The van der Waals surface area contributed by atoms with Crippen LogP contribution in [0.25, 0.3) is 0 Å². The summed E-state index contributed by atoms with van der Waals surface area (Å²) in [6.07, 6.45) is 1.17. The van der Waals surface area contributed by atoms with Crippen LogP contribution in [0.3, 0.4) is 0 Å². The summed E-state index contributed by atoms with van der Waals surface area (Å²) in [7, 11) is 0. The predicted octanol–water partition coefficient (Wildman–Crippen LogP) is 2.06. The zero-order chi connectivity index (χ0) is 13.8. The van der Waals surface area contributed by atoms with E-state index in [0.29, 0.717) is 23.9 Å². The molecule has 2 N–H and O–H groups in total. The minimum absolute atomic E-state index is 0.00757. The first-order valence-electron chi connectivity index (χ1n) is 6.53. The molecule has 1 aromatic carbocycles. The van der Waals surface area contributed by atoms with Crippen LogP contribution in [-0.4, -0.2) is 36.0 Å². The zero-order valence-corrected chi connectivity index (χ0v) is 11.8. The van der Waals surface area contributed by atoms with Crippen molar-refractivity contribution < 1.29 is 9.53 Å². The Morgan fingerprint density at radius 1 is 1.42 bits per heavy atom. The number of benzene rings is 1. The summed E-state index contributed by atoms with van der Waals surface area (Å²) in [4.78, 5) is 14.0. The highest BCUT2D eigenvalue weighted by Gasteiger charge is 2.26. The van der Waals surface area contributed by atoms with Gasteiger partial charge in [0, 0.05) is 19.1 Å². The molecule has 2 rings (SSSR count). The first-order chi connectivity index (χ1) is 9.08. The average Bonchev–Trinajstić information content (AvgIpc) is 2.41.